The highest BCUT2D eigenvalue weighted by atomic mass is 16.2. The highest BCUT2D eigenvalue weighted by Crippen LogP contribution is 2.34. The van der Waals surface area contributed by atoms with Gasteiger partial charge in [-0.15, -0.1) is 0 Å². The van der Waals surface area contributed by atoms with Gasteiger partial charge >= 0.3 is 0 Å². The molecule has 1 aromatic rings. The Labute approximate surface area is 114 Å². The van der Waals surface area contributed by atoms with E-state index in [4.69, 9.17) is 0 Å². The number of aryl methyl sites for hydroxylation is 1. The van der Waals surface area contributed by atoms with Crippen LogP contribution in [0.1, 0.15) is 31.5 Å². The van der Waals surface area contributed by atoms with E-state index in [0.29, 0.717) is 12.5 Å². The molecule has 0 bridgehead atoms. The molecule has 19 heavy (non-hydrogen) atoms. The summed E-state index contributed by atoms with van der Waals surface area (Å²) in [6.45, 7) is 8.54. The van der Waals surface area contributed by atoms with Gasteiger partial charge in [0.1, 0.15) is 0 Å². The number of carbonyl (C=O) groups is 1. The molecule has 1 aliphatic heterocycles. The molecule has 1 fully saturated rings. The van der Waals surface area contributed by atoms with E-state index < -0.39 is 0 Å². The minimum Gasteiger partial charge on any atom is -0.351 e. The van der Waals surface area contributed by atoms with Crippen molar-refractivity contribution in [2.24, 2.45) is 18.4 Å². The average molecular weight is 264 g/mol. The van der Waals surface area contributed by atoms with E-state index >= 15 is 0 Å². The Morgan fingerprint density at radius 3 is 2.84 bits per heavy atom. The fraction of sp³-hybridized carbons (Fsp3) is 0.714. The van der Waals surface area contributed by atoms with Crippen LogP contribution in [0.2, 0.25) is 0 Å². The second kappa shape index (κ2) is 5.33. The first-order valence-electron chi connectivity index (χ1n) is 6.94. The third kappa shape index (κ3) is 2.52. The lowest BCUT2D eigenvalue weighted by molar-refractivity contribution is -0.132. The third-order valence-electron chi connectivity index (χ3n) is 4.52. The molecule has 5 heteroatoms. The molecule has 1 aliphatic rings. The smallest absolute Gasteiger partial charge is 0.228 e. The van der Waals surface area contributed by atoms with Crippen LogP contribution in [0.4, 0.5) is 0 Å². The summed E-state index contributed by atoms with van der Waals surface area (Å²) in [7, 11) is 1.91. The summed E-state index contributed by atoms with van der Waals surface area (Å²) in [4.78, 5) is 12.5. The zero-order valence-corrected chi connectivity index (χ0v) is 12.3. The lowest BCUT2D eigenvalue weighted by Crippen LogP contribution is -2.45. The zero-order valence-electron chi connectivity index (χ0n) is 12.3. The second-order valence-electron chi connectivity index (χ2n) is 5.80. The van der Waals surface area contributed by atoms with E-state index in [1.807, 2.05) is 24.9 Å². The van der Waals surface area contributed by atoms with Gasteiger partial charge in [0.15, 0.2) is 0 Å². The predicted octanol–water partition coefficient (Wildman–Crippen LogP) is 0.980. The van der Waals surface area contributed by atoms with Gasteiger partial charge in [-0.05, 0) is 25.8 Å². The molecule has 1 saturated heterocycles. The number of hydrogen-bond donors (Lipinski definition) is 2. The molecule has 0 saturated carbocycles. The van der Waals surface area contributed by atoms with E-state index in [2.05, 4.69) is 29.6 Å². The second-order valence-corrected chi connectivity index (χ2v) is 5.80. The van der Waals surface area contributed by atoms with Gasteiger partial charge < -0.3 is 10.6 Å². The number of carbonyl (C=O) groups excluding carboxylic acids is 1. The van der Waals surface area contributed by atoms with E-state index in [-0.39, 0.29) is 11.3 Å². The van der Waals surface area contributed by atoms with Crippen molar-refractivity contribution < 1.29 is 4.79 Å². The van der Waals surface area contributed by atoms with Gasteiger partial charge in [-0.25, -0.2) is 0 Å². The van der Waals surface area contributed by atoms with Crippen LogP contribution >= 0.6 is 0 Å². The molecule has 1 unspecified atom stereocenters. The lowest BCUT2D eigenvalue weighted by Gasteiger charge is -2.31. The van der Waals surface area contributed by atoms with Gasteiger partial charge in [0, 0.05) is 31.4 Å². The molecule has 5 nitrogen and oxygen atoms in total. The number of amides is 1. The molecule has 2 N–H and O–H groups in total. The van der Waals surface area contributed by atoms with Gasteiger partial charge in [-0.2, -0.15) is 5.10 Å². The molecule has 2 rings (SSSR count). The first kappa shape index (κ1) is 14.1. The number of hydrogen-bond acceptors (Lipinski definition) is 3. The summed E-state index contributed by atoms with van der Waals surface area (Å²) < 4.78 is 1.83. The summed E-state index contributed by atoms with van der Waals surface area (Å²) >= 11 is 0. The molecular formula is C14H24N4O. The average Bonchev–Trinajstić information content (AvgIpc) is 2.97. The summed E-state index contributed by atoms with van der Waals surface area (Å²) in [5, 5.41) is 10.6. The summed E-state index contributed by atoms with van der Waals surface area (Å²) in [6, 6.07) is 0. The fourth-order valence-electron chi connectivity index (χ4n) is 2.73. The van der Waals surface area contributed by atoms with E-state index in [9.17, 15) is 4.79 Å². The highest BCUT2D eigenvalue weighted by Gasteiger charge is 2.43. The summed E-state index contributed by atoms with van der Waals surface area (Å²) in [6.07, 6.45) is 2.74. The first-order valence-corrected chi connectivity index (χ1v) is 6.94. The zero-order chi connectivity index (χ0) is 14.0. The van der Waals surface area contributed by atoms with Crippen LogP contribution in [0.3, 0.4) is 0 Å². The largest absolute Gasteiger partial charge is 0.351 e. The monoisotopic (exact) mass is 264 g/mol. The highest BCUT2D eigenvalue weighted by molar-refractivity contribution is 5.83. The van der Waals surface area contributed by atoms with Crippen LogP contribution in [0.15, 0.2) is 6.20 Å². The topological polar surface area (TPSA) is 59.0 Å². The number of nitrogens with one attached hydrogen (secondary N) is 2. The van der Waals surface area contributed by atoms with Crippen molar-refractivity contribution in [3.8, 4) is 0 Å². The van der Waals surface area contributed by atoms with Gasteiger partial charge in [-0.3, -0.25) is 9.48 Å². The number of rotatable bonds is 4. The van der Waals surface area contributed by atoms with Crippen molar-refractivity contribution in [2.75, 3.05) is 13.1 Å². The van der Waals surface area contributed by atoms with Crippen LogP contribution in [0, 0.1) is 18.3 Å². The fourth-order valence-corrected chi connectivity index (χ4v) is 2.73. The Hall–Kier alpha value is -1.36. The minimum atomic E-state index is -0.254. The van der Waals surface area contributed by atoms with Crippen molar-refractivity contribution in [1.82, 2.24) is 20.4 Å². The van der Waals surface area contributed by atoms with Gasteiger partial charge in [0.2, 0.25) is 5.91 Å². The van der Waals surface area contributed by atoms with Crippen molar-refractivity contribution in [3.05, 3.63) is 17.5 Å². The van der Waals surface area contributed by atoms with Gasteiger partial charge in [0.25, 0.3) is 0 Å². The van der Waals surface area contributed by atoms with Crippen LogP contribution in [0.25, 0.3) is 0 Å². The maximum Gasteiger partial charge on any atom is 0.228 e. The summed E-state index contributed by atoms with van der Waals surface area (Å²) in [5.41, 5.74) is 1.93. The standard InChI is InChI=1S/C14H24N4O/c1-10(2)14(5-6-15-9-14)13(19)16-7-12-8-17-18(4)11(12)3/h8,10,15H,5-7,9H2,1-4H3,(H,16,19). The Balaban J connectivity index is 2.03. The number of aromatic nitrogens is 2. The van der Waals surface area contributed by atoms with Crippen LogP contribution < -0.4 is 10.6 Å². The molecular weight excluding hydrogens is 240 g/mol. The molecule has 0 spiro atoms. The molecule has 106 valence electrons. The van der Waals surface area contributed by atoms with E-state index in [1.54, 1.807) is 0 Å². The Bertz CT molecular complexity index is 458. The molecule has 1 amide bonds. The first-order chi connectivity index (χ1) is 8.97. The molecule has 0 aromatic carbocycles. The van der Waals surface area contributed by atoms with Crippen molar-refractivity contribution in [2.45, 2.75) is 33.7 Å². The van der Waals surface area contributed by atoms with Crippen molar-refractivity contribution in [3.63, 3.8) is 0 Å². The quantitative estimate of drug-likeness (QED) is 0.852. The normalized spacial score (nSPS) is 23.0. The van der Waals surface area contributed by atoms with Gasteiger partial charge in [-0.1, -0.05) is 13.8 Å². The summed E-state index contributed by atoms with van der Waals surface area (Å²) in [5.74, 6) is 0.508. The Morgan fingerprint density at radius 1 is 1.63 bits per heavy atom. The molecule has 2 heterocycles. The molecule has 1 aromatic heterocycles. The Kier molecular flexibility index (Phi) is 3.94. The third-order valence-corrected chi connectivity index (χ3v) is 4.52. The molecule has 0 aliphatic carbocycles. The Morgan fingerprint density at radius 2 is 2.37 bits per heavy atom. The SMILES string of the molecule is Cc1c(CNC(=O)C2(C(C)C)CCNC2)cnn1C. The van der Waals surface area contributed by atoms with Crippen molar-refractivity contribution in [1.29, 1.82) is 0 Å². The van der Waals surface area contributed by atoms with Crippen LogP contribution in [-0.4, -0.2) is 28.8 Å². The van der Waals surface area contributed by atoms with Gasteiger partial charge in [0.05, 0.1) is 11.6 Å². The van der Waals surface area contributed by atoms with E-state index in [0.717, 1.165) is 30.8 Å². The number of nitrogens with zero attached hydrogens (tertiary/aromatic N) is 2. The van der Waals surface area contributed by atoms with E-state index in [1.165, 1.54) is 0 Å². The molecule has 0 radical (unpaired) electrons. The maximum absolute atomic E-state index is 12.5. The van der Waals surface area contributed by atoms with Crippen LogP contribution in [-0.2, 0) is 18.4 Å². The maximum atomic E-state index is 12.5. The van der Waals surface area contributed by atoms with Crippen LogP contribution in [0.5, 0.6) is 0 Å². The lowest BCUT2D eigenvalue weighted by atomic mass is 9.75. The molecule has 1 atom stereocenters. The predicted molar refractivity (Wildman–Crippen MR) is 74.5 cm³/mol. The van der Waals surface area contributed by atoms with Crippen molar-refractivity contribution >= 4 is 5.91 Å². The minimum absolute atomic E-state index is 0.163.